The lowest BCUT2D eigenvalue weighted by Gasteiger charge is -2.19. The van der Waals surface area contributed by atoms with Gasteiger partial charge in [-0.3, -0.25) is 9.05 Å². The van der Waals surface area contributed by atoms with Crippen molar-refractivity contribution in [1.82, 2.24) is 0 Å². The number of phosphoric ester groups is 1. The van der Waals surface area contributed by atoms with Gasteiger partial charge in [0.05, 0.1) is 13.2 Å². The van der Waals surface area contributed by atoms with E-state index in [-0.39, 0.29) is 0 Å². The first kappa shape index (κ1) is 45.2. The number of phosphoric acid groups is 1. The van der Waals surface area contributed by atoms with Gasteiger partial charge >= 0.3 is 7.82 Å². The predicted octanol–water partition coefficient (Wildman–Crippen LogP) is 16.0. The van der Waals surface area contributed by atoms with Crippen LogP contribution < -0.4 is 4.52 Å². The van der Waals surface area contributed by atoms with Crippen molar-refractivity contribution in [2.75, 3.05) is 13.2 Å². The molecule has 0 radical (unpaired) electrons. The third-order valence-electron chi connectivity index (χ3n) is 9.73. The molecule has 0 aromatic heterocycles. The van der Waals surface area contributed by atoms with Gasteiger partial charge in [-0.1, -0.05) is 224 Å². The summed E-state index contributed by atoms with van der Waals surface area (Å²) in [5.74, 6) is 0.544. The number of aryl methyl sites for hydroxylation is 1. The SMILES string of the molecule is CCCCCCCCCCCCCCCCCCOP(=O)(OCCCCCCCCCCCCCCCCCC)Oc1ccc(C)cc1. The Hall–Kier alpha value is -0.830. The molecule has 1 rings (SSSR count). The first-order chi connectivity index (χ1) is 23.6. The first-order valence-corrected chi connectivity index (χ1v) is 22.7. The van der Waals surface area contributed by atoms with Gasteiger partial charge in [0, 0.05) is 0 Å². The highest BCUT2D eigenvalue weighted by molar-refractivity contribution is 7.48. The Balaban J connectivity index is 2.08. The van der Waals surface area contributed by atoms with Crippen LogP contribution in [0.25, 0.3) is 0 Å². The van der Waals surface area contributed by atoms with E-state index in [2.05, 4.69) is 13.8 Å². The number of hydrogen-bond donors (Lipinski definition) is 0. The van der Waals surface area contributed by atoms with Crippen LogP contribution in [-0.4, -0.2) is 13.2 Å². The van der Waals surface area contributed by atoms with E-state index in [0.29, 0.717) is 19.0 Å². The van der Waals surface area contributed by atoms with Crippen molar-refractivity contribution in [3.05, 3.63) is 29.8 Å². The van der Waals surface area contributed by atoms with Crippen LogP contribution in [-0.2, 0) is 13.6 Å². The molecule has 0 spiro atoms. The Morgan fingerprint density at radius 1 is 0.396 bits per heavy atom. The maximum atomic E-state index is 13.5. The quantitative estimate of drug-likeness (QED) is 0.0511. The van der Waals surface area contributed by atoms with Crippen molar-refractivity contribution in [3.63, 3.8) is 0 Å². The summed E-state index contributed by atoms with van der Waals surface area (Å²) in [7, 11) is -3.64. The van der Waals surface area contributed by atoms with Crippen molar-refractivity contribution in [2.24, 2.45) is 0 Å². The van der Waals surface area contributed by atoms with E-state index in [1.807, 2.05) is 31.2 Å². The molecule has 4 nitrogen and oxygen atoms in total. The summed E-state index contributed by atoms with van der Waals surface area (Å²) in [6.45, 7) is 7.44. The van der Waals surface area contributed by atoms with Crippen molar-refractivity contribution >= 4 is 7.82 Å². The second-order valence-corrected chi connectivity index (χ2v) is 16.2. The average molecular weight is 693 g/mol. The minimum atomic E-state index is -3.64. The molecule has 0 aliphatic heterocycles. The van der Waals surface area contributed by atoms with Crippen molar-refractivity contribution < 1.29 is 18.1 Å². The topological polar surface area (TPSA) is 44.8 Å². The summed E-state index contributed by atoms with van der Waals surface area (Å²) in [6.07, 6.45) is 42.5. The van der Waals surface area contributed by atoms with Crippen molar-refractivity contribution in [2.45, 2.75) is 226 Å². The standard InChI is InChI=1S/C43H81O4P/c1-4-6-8-10-12-14-16-18-20-22-24-26-28-30-32-34-40-45-48(44,47-43-38-36-42(3)37-39-43)46-41-35-33-31-29-27-25-23-21-19-17-15-13-11-9-7-5-2/h36-39H,4-35,40-41H2,1-3H3. The zero-order valence-electron chi connectivity index (χ0n) is 32.4. The van der Waals surface area contributed by atoms with E-state index in [1.165, 1.54) is 180 Å². The molecule has 0 saturated heterocycles. The summed E-state index contributed by atoms with van der Waals surface area (Å²) in [4.78, 5) is 0. The van der Waals surface area contributed by atoms with Crippen molar-refractivity contribution in [1.29, 1.82) is 0 Å². The van der Waals surface area contributed by atoms with Gasteiger partial charge < -0.3 is 4.52 Å². The fourth-order valence-corrected chi connectivity index (χ4v) is 7.74. The minimum Gasteiger partial charge on any atom is -0.404 e. The lowest BCUT2D eigenvalue weighted by molar-refractivity contribution is 0.150. The summed E-state index contributed by atoms with van der Waals surface area (Å²) in [5, 5.41) is 0. The Bertz CT molecular complexity index is 785. The summed E-state index contributed by atoms with van der Waals surface area (Å²) >= 11 is 0. The third-order valence-corrected chi connectivity index (χ3v) is 11.2. The van der Waals surface area contributed by atoms with Gasteiger partial charge in [0.15, 0.2) is 0 Å². The smallest absolute Gasteiger partial charge is 0.404 e. The number of hydrogen-bond acceptors (Lipinski definition) is 4. The fourth-order valence-electron chi connectivity index (χ4n) is 6.47. The van der Waals surface area contributed by atoms with E-state index in [9.17, 15) is 4.57 Å². The molecule has 5 heteroatoms. The molecule has 0 atom stereocenters. The molecule has 0 aliphatic carbocycles. The van der Waals surface area contributed by atoms with Crippen LogP contribution in [0.3, 0.4) is 0 Å². The van der Waals surface area contributed by atoms with Gasteiger partial charge in [-0.25, -0.2) is 4.57 Å². The molecule has 1 aromatic rings. The third kappa shape index (κ3) is 30.0. The summed E-state index contributed by atoms with van der Waals surface area (Å²) in [5.41, 5.74) is 1.14. The lowest BCUT2D eigenvalue weighted by Crippen LogP contribution is -2.05. The van der Waals surface area contributed by atoms with Crippen LogP contribution in [0.4, 0.5) is 0 Å². The maximum absolute atomic E-state index is 13.5. The molecule has 1 aromatic carbocycles. The van der Waals surface area contributed by atoms with Gasteiger partial charge in [0.1, 0.15) is 5.75 Å². The Morgan fingerprint density at radius 3 is 0.917 bits per heavy atom. The fraction of sp³-hybridized carbons (Fsp3) is 0.860. The van der Waals surface area contributed by atoms with Crippen LogP contribution in [0.5, 0.6) is 5.75 Å². The zero-order valence-corrected chi connectivity index (χ0v) is 33.3. The van der Waals surface area contributed by atoms with Gasteiger partial charge in [-0.05, 0) is 31.9 Å². The molecule has 282 valence electrons. The van der Waals surface area contributed by atoms with Crippen LogP contribution in [0.15, 0.2) is 24.3 Å². The maximum Gasteiger partial charge on any atom is 0.530 e. The first-order valence-electron chi connectivity index (χ1n) is 21.2. The monoisotopic (exact) mass is 693 g/mol. The molecule has 0 N–H and O–H groups in total. The van der Waals surface area contributed by atoms with Gasteiger partial charge in [0.2, 0.25) is 0 Å². The summed E-state index contributed by atoms with van der Waals surface area (Å²) < 4.78 is 31.0. The van der Waals surface area contributed by atoms with E-state index in [4.69, 9.17) is 13.6 Å². The molecule has 0 unspecified atom stereocenters. The number of unbranched alkanes of at least 4 members (excludes halogenated alkanes) is 30. The largest absolute Gasteiger partial charge is 0.530 e. The molecule has 0 saturated carbocycles. The van der Waals surface area contributed by atoms with Crippen molar-refractivity contribution in [3.8, 4) is 5.75 Å². The normalized spacial score (nSPS) is 11.8. The highest BCUT2D eigenvalue weighted by atomic mass is 31.2. The minimum absolute atomic E-state index is 0.417. The molecule has 0 aliphatic rings. The molecule has 0 bridgehead atoms. The Labute approximate surface area is 300 Å². The van der Waals surface area contributed by atoms with Gasteiger partial charge in [-0.2, -0.15) is 0 Å². The van der Waals surface area contributed by atoms with Crippen LogP contribution >= 0.6 is 7.82 Å². The Kier molecular flexibility index (Phi) is 32.6. The predicted molar refractivity (Wildman–Crippen MR) is 210 cm³/mol. The van der Waals surface area contributed by atoms with Crippen LogP contribution in [0, 0.1) is 6.92 Å². The second-order valence-electron chi connectivity index (χ2n) is 14.6. The number of benzene rings is 1. The summed E-state index contributed by atoms with van der Waals surface area (Å²) in [6, 6.07) is 7.62. The molecular formula is C43H81O4P. The highest BCUT2D eigenvalue weighted by Gasteiger charge is 2.28. The van der Waals surface area contributed by atoms with E-state index in [0.717, 1.165) is 31.2 Å². The van der Waals surface area contributed by atoms with Crippen LogP contribution in [0.1, 0.15) is 225 Å². The van der Waals surface area contributed by atoms with E-state index in [1.54, 1.807) is 0 Å². The average Bonchev–Trinajstić information content (AvgIpc) is 3.08. The molecule has 0 fully saturated rings. The van der Waals surface area contributed by atoms with Gasteiger partial charge in [-0.15, -0.1) is 0 Å². The molecule has 0 heterocycles. The van der Waals surface area contributed by atoms with Gasteiger partial charge in [0.25, 0.3) is 0 Å². The van der Waals surface area contributed by atoms with E-state index < -0.39 is 7.82 Å². The lowest BCUT2D eigenvalue weighted by atomic mass is 10.0. The highest BCUT2D eigenvalue weighted by Crippen LogP contribution is 2.50. The number of rotatable bonds is 38. The Morgan fingerprint density at radius 2 is 0.646 bits per heavy atom. The zero-order chi connectivity index (χ0) is 34.6. The molecule has 0 amide bonds. The molecular weight excluding hydrogens is 611 g/mol. The van der Waals surface area contributed by atoms with E-state index >= 15 is 0 Å². The molecule has 48 heavy (non-hydrogen) atoms. The second kappa shape index (κ2) is 34.6. The van der Waals surface area contributed by atoms with Crippen LogP contribution in [0.2, 0.25) is 0 Å².